The molecule has 108 valence electrons. The van der Waals surface area contributed by atoms with Crippen molar-refractivity contribution in [2.75, 3.05) is 12.8 Å². The molecule has 0 saturated heterocycles. The molecule has 0 atom stereocenters. The average molecular weight is 291 g/mol. The zero-order chi connectivity index (χ0) is 14.2. The highest BCUT2D eigenvalue weighted by atomic mass is 32.2. The largest absolute Gasteiger partial charge is 0.486 e. The highest BCUT2D eigenvalue weighted by molar-refractivity contribution is 7.98. The number of thioether (sulfide) groups is 1. The summed E-state index contributed by atoms with van der Waals surface area (Å²) < 4.78 is 11.2. The molecule has 1 N–H and O–H groups in total. The molecule has 0 saturated carbocycles. The molecule has 0 aliphatic carbocycles. The van der Waals surface area contributed by atoms with Crippen LogP contribution in [0.3, 0.4) is 0 Å². The summed E-state index contributed by atoms with van der Waals surface area (Å²) in [5.74, 6) is 1.72. The van der Waals surface area contributed by atoms with Crippen LogP contribution in [0, 0.1) is 0 Å². The van der Waals surface area contributed by atoms with E-state index in [1.165, 1.54) is 4.90 Å². The second kappa shape index (κ2) is 8.02. The lowest BCUT2D eigenvalue weighted by molar-refractivity contribution is 0.270. The van der Waals surface area contributed by atoms with Gasteiger partial charge in [0.1, 0.15) is 18.1 Å². The van der Waals surface area contributed by atoms with Gasteiger partial charge in [0.2, 0.25) is 0 Å². The molecule has 0 unspecified atom stereocenters. The highest BCUT2D eigenvalue weighted by Crippen LogP contribution is 2.20. The summed E-state index contributed by atoms with van der Waals surface area (Å²) in [6, 6.07) is 10.1. The SMILES string of the molecule is CCCNCc1coc(COc2ccc(SC)cc2)c1. The number of benzene rings is 1. The quantitative estimate of drug-likeness (QED) is 0.587. The monoisotopic (exact) mass is 291 g/mol. The summed E-state index contributed by atoms with van der Waals surface area (Å²) in [5, 5.41) is 3.35. The Kier molecular flexibility index (Phi) is 6.02. The summed E-state index contributed by atoms with van der Waals surface area (Å²) in [4.78, 5) is 1.24. The second-order valence-electron chi connectivity index (χ2n) is 4.56. The number of furan rings is 1. The van der Waals surface area contributed by atoms with Crippen LogP contribution < -0.4 is 10.1 Å². The Bertz CT molecular complexity index is 507. The lowest BCUT2D eigenvalue weighted by Gasteiger charge is -2.04. The van der Waals surface area contributed by atoms with E-state index >= 15 is 0 Å². The van der Waals surface area contributed by atoms with E-state index in [0.29, 0.717) is 6.61 Å². The van der Waals surface area contributed by atoms with Gasteiger partial charge < -0.3 is 14.5 Å². The standard InChI is InChI=1S/C16H21NO2S/c1-3-8-17-10-13-9-15(18-11-13)12-19-14-4-6-16(20-2)7-5-14/h4-7,9,11,17H,3,8,10,12H2,1-2H3. The molecule has 2 aromatic rings. The predicted octanol–water partition coefficient (Wildman–Crippen LogP) is 4.08. The molecule has 0 aliphatic rings. The molecule has 1 aromatic heterocycles. The number of hydrogen-bond donors (Lipinski definition) is 1. The zero-order valence-corrected chi connectivity index (χ0v) is 12.8. The maximum atomic E-state index is 5.71. The van der Waals surface area contributed by atoms with Crippen LogP contribution in [-0.2, 0) is 13.2 Å². The van der Waals surface area contributed by atoms with E-state index in [1.807, 2.05) is 18.2 Å². The van der Waals surface area contributed by atoms with Gasteiger partial charge in [0.25, 0.3) is 0 Å². The van der Waals surface area contributed by atoms with Crippen molar-refractivity contribution in [3.63, 3.8) is 0 Å². The lowest BCUT2D eigenvalue weighted by Crippen LogP contribution is -2.13. The topological polar surface area (TPSA) is 34.4 Å². The Hall–Kier alpha value is -1.39. The van der Waals surface area contributed by atoms with Gasteiger partial charge in [-0.3, -0.25) is 0 Å². The second-order valence-corrected chi connectivity index (χ2v) is 5.44. The zero-order valence-electron chi connectivity index (χ0n) is 12.0. The summed E-state index contributed by atoms with van der Waals surface area (Å²) in [5.41, 5.74) is 1.16. The van der Waals surface area contributed by atoms with E-state index in [0.717, 1.165) is 36.6 Å². The Balaban J connectivity index is 1.81. The van der Waals surface area contributed by atoms with Crippen LogP contribution in [0.25, 0.3) is 0 Å². The normalized spacial score (nSPS) is 10.7. The number of ether oxygens (including phenoxy) is 1. The minimum Gasteiger partial charge on any atom is -0.486 e. The molecule has 2 rings (SSSR count). The van der Waals surface area contributed by atoms with Crippen LogP contribution in [0.2, 0.25) is 0 Å². The Morgan fingerprint density at radius 2 is 2.05 bits per heavy atom. The predicted molar refractivity (Wildman–Crippen MR) is 83.3 cm³/mol. The lowest BCUT2D eigenvalue weighted by atomic mass is 10.3. The van der Waals surface area contributed by atoms with E-state index in [4.69, 9.17) is 9.15 Å². The molecule has 0 radical (unpaired) electrons. The Labute approximate surface area is 124 Å². The molecule has 20 heavy (non-hydrogen) atoms. The molecular weight excluding hydrogens is 270 g/mol. The van der Waals surface area contributed by atoms with E-state index in [1.54, 1.807) is 18.0 Å². The average Bonchev–Trinajstić information content (AvgIpc) is 2.94. The van der Waals surface area contributed by atoms with Gasteiger partial charge in [0.05, 0.1) is 6.26 Å². The molecule has 0 spiro atoms. The van der Waals surface area contributed by atoms with Gasteiger partial charge in [-0.1, -0.05) is 6.92 Å². The molecular formula is C16H21NO2S. The highest BCUT2D eigenvalue weighted by Gasteiger charge is 2.03. The van der Waals surface area contributed by atoms with Crippen molar-refractivity contribution in [2.24, 2.45) is 0 Å². The molecule has 0 bridgehead atoms. The van der Waals surface area contributed by atoms with Gasteiger partial charge >= 0.3 is 0 Å². The summed E-state index contributed by atoms with van der Waals surface area (Å²) >= 11 is 1.72. The fraction of sp³-hybridized carbons (Fsp3) is 0.375. The Morgan fingerprint density at radius 1 is 1.25 bits per heavy atom. The summed E-state index contributed by atoms with van der Waals surface area (Å²) in [6.07, 6.45) is 4.99. The van der Waals surface area contributed by atoms with Gasteiger partial charge in [-0.15, -0.1) is 11.8 Å². The van der Waals surface area contributed by atoms with Gasteiger partial charge in [0, 0.05) is 17.0 Å². The van der Waals surface area contributed by atoms with Crippen LogP contribution in [0.5, 0.6) is 5.75 Å². The van der Waals surface area contributed by atoms with Crippen molar-refractivity contribution >= 4 is 11.8 Å². The van der Waals surface area contributed by atoms with Crippen LogP contribution in [-0.4, -0.2) is 12.8 Å². The molecule has 0 fully saturated rings. The fourth-order valence-electron chi connectivity index (χ4n) is 1.83. The van der Waals surface area contributed by atoms with Crippen molar-refractivity contribution in [3.05, 3.63) is 47.9 Å². The maximum Gasteiger partial charge on any atom is 0.146 e. The summed E-state index contributed by atoms with van der Waals surface area (Å²) in [7, 11) is 0. The van der Waals surface area contributed by atoms with Crippen molar-refractivity contribution in [2.45, 2.75) is 31.4 Å². The van der Waals surface area contributed by atoms with Crippen LogP contribution in [0.1, 0.15) is 24.7 Å². The van der Waals surface area contributed by atoms with Crippen LogP contribution >= 0.6 is 11.8 Å². The van der Waals surface area contributed by atoms with Crippen molar-refractivity contribution in [1.82, 2.24) is 5.32 Å². The molecule has 4 heteroatoms. The first-order chi connectivity index (χ1) is 9.81. The van der Waals surface area contributed by atoms with E-state index < -0.39 is 0 Å². The molecule has 1 aromatic carbocycles. The number of hydrogen-bond acceptors (Lipinski definition) is 4. The van der Waals surface area contributed by atoms with Crippen molar-refractivity contribution in [3.8, 4) is 5.75 Å². The third-order valence-corrected chi connectivity index (χ3v) is 3.65. The van der Waals surface area contributed by atoms with E-state index in [-0.39, 0.29) is 0 Å². The third kappa shape index (κ3) is 4.62. The minimum atomic E-state index is 0.465. The maximum absolute atomic E-state index is 5.71. The minimum absolute atomic E-state index is 0.465. The number of rotatable bonds is 8. The summed E-state index contributed by atoms with van der Waals surface area (Å²) in [6.45, 7) is 4.49. The first kappa shape index (κ1) is 15.0. The van der Waals surface area contributed by atoms with Crippen LogP contribution in [0.4, 0.5) is 0 Å². The van der Waals surface area contributed by atoms with Crippen molar-refractivity contribution in [1.29, 1.82) is 0 Å². The molecule has 1 heterocycles. The van der Waals surface area contributed by atoms with Gasteiger partial charge in [-0.05, 0) is 49.6 Å². The first-order valence-corrected chi connectivity index (χ1v) is 8.08. The van der Waals surface area contributed by atoms with Gasteiger partial charge in [-0.2, -0.15) is 0 Å². The van der Waals surface area contributed by atoms with E-state index in [2.05, 4.69) is 30.6 Å². The molecule has 0 amide bonds. The van der Waals surface area contributed by atoms with E-state index in [9.17, 15) is 0 Å². The Morgan fingerprint density at radius 3 is 2.75 bits per heavy atom. The molecule has 3 nitrogen and oxygen atoms in total. The first-order valence-electron chi connectivity index (χ1n) is 6.85. The van der Waals surface area contributed by atoms with Crippen LogP contribution in [0.15, 0.2) is 45.9 Å². The van der Waals surface area contributed by atoms with Gasteiger partial charge in [-0.25, -0.2) is 0 Å². The third-order valence-electron chi connectivity index (χ3n) is 2.90. The fourth-order valence-corrected chi connectivity index (χ4v) is 2.24. The smallest absolute Gasteiger partial charge is 0.146 e. The molecule has 0 aliphatic heterocycles. The van der Waals surface area contributed by atoms with Crippen molar-refractivity contribution < 1.29 is 9.15 Å². The number of nitrogens with one attached hydrogen (secondary N) is 1. The van der Waals surface area contributed by atoms with Gasteiger partial charge in [0.15, 0.2) is 0 Å².